The molecule has 2 aromatic rings. The molecule has 2 rings (SSSR count). The molecule has 0 radical (unpaired) electrons. The fraction of sp³-hybridized carbons (Fsp3) is 0.600. The van der Waals surface area contributed by atoms with Gasteiger partial charge < -0.3 is 0 Å². The highest BCUT2D eigenvalue weighted by Gasteiger charge is 2.07. The molecule has 4 heteroatoms. The SMILES string of the molecule is Cc1nc(C)c(C(C)C)s1.Cc1ncc(C(C)C)s1. The monoisotopic (exact) mass is 296 g/mol. The Kier molecular flexibility index (Phi) is 6.14. The van der Waals surface area contributed by atoms with Gasteiger partial charge in [0.25, 0.3) is 0 Å². The molecule has 2 heterocycles. The zero-order valence-corrected chi connectivity index (χ0v) is 14.6. The van der Waals surface area contributed by atoms with Crippen molar-refractivity contribution in [3.05, 3.63) is 31.7 Å². The third-order valence-corrected chi connectivity index (χ3v) is 5.26. The molecular formula is C15H24N2S2. The molecule has 0 saturated carbocycles. The lowest BCUT2D eigenvalue weighted by molar-refractivity contribution is 0.872. The van der Waals surface area contributed by atoms with E-state index in [0.29, 0.717) is 11.8 Å². The fourth-order valence-electron chi connectivity index (χ4n) is 1.73. The van der Waals surface area contributed by atoms with Gasteiger partial charge in [0.15, 0.2) is 0 Å². The van der Waals surface area contributed by atoms with Crippen molar-refractivity contribution >= 4 is 22.7 Å². The van der Waals surface area contributed by atoms with Gasteiger partial charge in [-0.1, -0.05) is 27.7 Å². The molecule has 0 bridgehead atoms. The molecule has 2 aromatic heterocycles. The largest absolute Gasteiger partial charge is 0.250 e. The maximum atomic E-state index is 4.35. The Balaban J connectivity index is 0.000000191. The summed E-state index contributed by atoms with van der Waals surface area (Å²) in [5.41, 5.74) is 1.21. The van der Waals surface area contributed by atoms with Crippen molar-refractivity contribution in [2.75, 3.05) is 0 Å². The van der Waals surface area contributed by atoms with Crippen LogP contribution in [0.5, 0.6) is 0 Å². The van der Waals surface area contributed by atoms with Crippen LogP contribution in [0, 0.1) is 20.8 Å². The van der Waals surface area contributed by atoms with Gasteiger partial charge in [-0.2, -0.15) is 0 Å². The number of hydrogen-bond donors (Lipinski definition) is 0. The molecule has 0 fully saturated rings. The molecule has 106 valence electrons. The Morgan fingerprint density at radius 1 is 0.895 bits per heavy atom. The van der Waals surface area contributed by atoms with Gasteiger partial charge in [-0.05, 0) is 32.6 Å². The number of nitrogens with zero attached hydrogens (tertiary/aromatic N) is 2. The summed E-state index contributed by atoms with van der Waals surface area (Å²) in [7, 11) is 0. The van der Waals surface area contributed by atoms with Crippen molar-refractivity contribution < 1.29 is 0 Å². The highest BCUT2D eigenvalue weighted by atomic mass is 32.1. The maximum Gasteiger partial charge on any atom is 0.0900 e. The van der Waals surface area contributed by atoms with Crippen LogP contribution in [0.25, 0.3) is 0 Å². The normalized spacial score (nSPS) is 10.8. The molecule has 0 unspecified atom stereocenters. The lowest BCUT2D eigenvalue weighted by Crippen LogP contribution is -1.84. The average molecular weight is 297 g/mol. The molecule has 0 amide bonds. The highest BCUT2D eigenvalue weighted by Crippen LogP contribution is 2.25. The summed E-state index contributed by atoms with van der Waals surface area (Å²) in [5, 5.41) is 2.35. The van der Waals surface area contributed by atoms with Crippen LogP contribution in [0.3, 0.4) is 0 Å². The average Bonchev–Trinajstić information content (AvgIpc) is 2.85. The predicted octanol–water partition coefficient (Wildman–Crippen LogP) is 5.46. The van der Waals surface area contributed by atoms with Gasteiger partial charge in [-0.25, -0.2) is 9.97 Å². The van der Waals surface area contributed by atoms with Crippen LogP contribution in [0.1, 0.15) is 65.0 Å². The topological polar surface area (TPSA) is 25.8 Å². The number of hydrogen-bond acceptors (Lipinski definition) is 4. The van der Waals surface area contributed by atoms with E-state index in [9.17, 15) is 0 Å². The molecule has 2 nitrogen and oxygen atoms in total. The fourth-order valence-corrected chi connectivity index (χ4v) is 3.44. The summed E-state index contributed by atoms with van der Waals surface area (Å²) in [6.45, 7) is 15.0. The number of aryl methyl sites for hydroxylation is 3. The maximum absolute atomic E-state index is 4.35. The number of aromatic nitrogens is 2. The van der Waals surface area contributed by atoms with Crippen LogP contribution in [-0.4, -0.2) is 9.97 Å². The second-order valence-corrected chi connectivity index (χ2v) is 7.77. The Labute approximate surface area is 124 Å². The summed E-state index contributed by atoms with van der Waals surface area (Å²) in [4.78, 5) is 11.3. The zero-order valence-electron chi connectivity index (χ0n) is 12.9. The molecule has 0 atom stereocenters. The van der Waals surface area contributed by atoms with E-state index < -0.39 is 0 Å². The van der Waals surface area contributed by atoms with Gasteiger partial charge in [0.1, 0.15) is 0 Å². The van der Waals surface area contributed by atoms with Crippen molar-refractivity contribution in [3.8, 4) is 0 Å². The first-order chi connectivity index (χ1) is 8.81. The molecule has 0 aromatic carbocycles. The minimum Gasteiger partial charge on any atom is -0.250 e. The van der Waals surface area contributed by atoms with E-state index in [1.54, 1.807) is 11.3 Å². The first-order valence-electron chi connectivity index (χ1n) is 6.67. The van der Waals surface area contributed by atoms with Gasteiger partial charge in [0, 0.05) is 16.0 Å². The standard InChI is InChI=1S/C8H13NS.C7H11NS/c1-5(2)8-6(3)9-7(4)10-8;1-5(2)7-4-8-6(3)9-7/h5H,1-4H3;4-5H,1-3H3. The van der Waals surface area contributed by atoms with Crippen LogP contribution in [0.4, 0.5) is 0 Å². The Hall–Kier alpha value is -0.740. The molecule has 0 saturated heterocycles. The first kappa shape index (κ1) is 16.3. The van der Waals surface area contributed by atoms with Gasteiger partial charge >= 0.3 is 0 Å². The van der Waals surface area contributed by atoms with Gasteiger partial charge in [-0.15, -0.1) is 22.7 Å². The van der Waals surface area contributed by atoms with E-state index in [1.165, 1.54) is 25.5 Å². The van der Waals surface area contributed by atoms with E-state index in [4.69, 9.17) is 0 Å². The molecule has 0 aliphatic heterocycles. The number of thiazole rings is 2. The molecule has 0 N–H and O–H groups in total. The summed E-state index contributed by atoms with van der Waals surface area (Å²) in [6, 6.07) is 0. The van der Waals surface area contributed by atoms with Crippen molar-refractivity contribution in [2.24, 2.45) is 0 Å². The summed E-state index contributed by atoms with van der Waals surface area (Å²) in [6.07, 6.45) is 1.96. The molecule has 0 aliphatic carbocycles. The molecule has 0 aliphatic rings. The van der Waals surface area contributed by atoms with Crippen molar-refractivity contribution in [1.29, 1.82) is 0 Å². The van der Waals surface area contributed by atoms with Crippen LogP contribution in [-0.2, 0) is 0 Å². The van der Waals surface area contributed by atoms with Crippen LogP contribution < -0.4 is 0 Å². The number of rotatable bonds is 2. The van der Waals surface area contributed by atoms with Crippen LogP contribution >= 0.6 is 22.7 Å². The van der Waals surface area contributed by atoms with E-state index >= 15 is 0 Å². The Morgan fingerprint density at radius 2 is 1.53 bits per heavy atom. The summed E-state index contributed by atoms with van der Waals surface area (Å²) < 4.78 is 0. The predicted molar refractivity (Wildman–Crippen MR) is 86.6 cm³/mol. The lowest BCUT2D eigenvalue weighted by atomic mass is 10.1. The van der Waals surface area contributed by atoms with Gasteiger partial charge in [0.05, 0.1) is 15.7 Å². The van der Waals surface area contributed by atoms with Gasteiger partial charge in [0.2, 0.25) is 0 Å². The zero-order chi connectivity index (χ0) is 14.6. The second-order valence-electron chi connectivity index (χ2n) is 5.27. The summed E-state index contributed by atoms with van der Waals surface area (Å²) >= 11 is 3.60. The Morgan fingerprint density at radius 3 is 1.74 bits per heavy atom. The van der Waals surface area contributed by atoms with Crippen molar-refractivity contribution in [3.63, 3.8) is 0 Å². The van der Waals surface area contributed by atoms with Crippen LogP contribution in [0.15, 0.2) is 6.20 Å². The smallest absolute Gasteiger partial charge is 0.0900 e. The first-order valence-corrected chi connectivity index (χ1v) is 8.30. The molecule has 19 heavy (non-hydrogen) atoms. The van der Waals surface area contributed by atoms with E-state index in [1.807, 2.05) is 24.5 Å². The van der Waals surface area contributed by atoms with Crippen molar-refractivity contribution in [1.82, 2.24) is 9.97 Å². The third kappa shape index (κ3) is 5.03. The summed E-state index contributed by atoms with van der Waals surface area (Å²) in [5.74, 6) is 1.27. The highest BCUT2D eigenvalue weighted by molar-refractivity contribution is 7.12. The van der Waals surface area contributed by atoms with Gasteiger partial charge in [-0.3, -0.25) is 0 Å². The molecule has 0 spiro atoms. The van der Waals surface area contributed by atoms with Crippen LogP contribution in [0.2, 0.25) is 0 Å². The van der Waals surface area contributed by atoms with E-state index in [-0.39, 0.29) is 0 Å². The lowest BCUT2D eigenvalue weighted by Gasteiger charge is -1.98. The molecular weight excluding hydrogens is 272 g/mol. The third-order valence-electron chi connectivity index (χ3n) is 2.67. The second kappa shape index (κ2) is 7.15. The quantitative estimate of drug-likeness (QED) is 0.735. The van der Waals surface area contributed by atoms with E-state index in [0.717, 1.165) is 0 Å². The minimum atomic E-state index is 0.631. The van der Waals surface area contributed by atoms with E-state index in [2.05, 4.69) is 51.5 Å². The minimum absolute atomic E-state index is 0.631. The Bertz CT molecular complexity index is 510. The van der Waals surface area contributed by atoms with Crippen molar-refractivity contribution in [2.45, 2.75) is 60.3 Å².